The number of nitriles is 1. The van der Waals surface area contributed by atoms with Crippen LogP contribution in [0.2, 0.25) is 0 Å². The number of ether oxygens (including phenoxy) is 1. The van der Waals surface area contributed by atoms with Crippen molar-refractivity contribution in [1.82, 2.24) is 15.2 Å². The highest BCUT2D eigenvalue weighted by Gasteiger charge is 2.30. The fraction of sp³-hybridized carbons (Fsp3) is 0.263. The topological polar surface area (TPSA) is 107 Å². The van der Waals surface area contributed by atoms with Crippen LogP contribution >= 0.6 is 0 Å². The van der Waals surface area contributed by atoms with Gasteiger partial charge in [0.25, 0.3) is 0 Å². The van der Waals surface area contributed by atoms with Crippen LogP contribution in [0.25, 0.3) is 0 Å². The molecule has 0 spiro atoms. The van der Waals surface area contributed by atoms with Crippen molar-refractivity contribution in [3.05, 3.63) is 58.4 Å². The summed E-state index contributed by atoms with van der Waals surface area (Å²) >= 11 is 0. The van der Waals surface area contributed by atoms with Crippen molar-refractivity contribution in [2.24, 2.45) is 0 Å². The molecule has 1 aromatic carbocycles. The van der Waals surface area contributed by atoms with Gasteiger partial charge in [0.05, 0.1) is 42.7 Å². The zero-order valence-electron chi connectivity index (χ0n) is 15.0. The second kappa shape index (κ2) is 7.44. The number of hydrogen-bond acceptors (Lipinski definition) is 5. The first-order valence-electron chi connectivity index (χ1n) is 8.75. The second-order valence-electron chi connectivity index (χ2n) is 6.69. The van der Waals surface area contributed by atoms with E-state index >= 15 is 0 Å². The van der Waals surface area contributed by atoms with Gasteiger partial charge in [-0.15, -0.1) is 0 Å². The molecule has 0 fully saturated rings. The Morgan fingerprint density at radius 2 is 2.28 bits per heavy atom. The maximum atomic E-state index is 14.0. The Morgan fingerprint density at radius 1 is 1.45 bits per heavy atom. The molecular formula is C19H15F2N5O3. The first-order chi connectivity index (χ1) is 14.0. The van der Waals surface area contributed by atoms with Gasteiger partial charge >= 0.3 is 6.03 Å². The second-order valence-corrected chi connectivity index (χ2v) is 6.69. The van der Waals surface area contributed by atoms with Gasteiger partial charge in [0.15, 0.2) is 11.6 Å². The number of nitrogens with one attached hydrogen (secondary N) is 2. The number of nitrogens with zero attached hydrogens (tertiary/aromatic N) is 3. The van der Waals surface area contributed by atoms with E-state index in [2.05, 4.69) is 15.6 Å². The Balaban J connectivity index is 1.46. The van der Waals surface area contributed by atoms with Gasteiger partial charge in [-0.25, -0.2) is 13.6 Å². The Kier molecular flexibility index (Phi) is 4.82. The fourth-order valence-corrected chi connectivity index (χ4v) is 3.35. The molecule has 1 aromatic heterocycles. The predicted octanol–water partition coefficient (Wildman–Crippen LogP) is 1.97. The van der Waals surface area contributed by atoms with Crippen LogP contribution < -0.4 is 10.6 Å². The van der Waals surface area contributed by atoms with Crippen LogP contribution in [0.3, 0.4) is 0 Å². The predicted molar refractivity (Wildman–Crippen MR) is 95.3 cm³/mol. The van der Waals surface area contributed by atoms with E-state index in [1.54, 1.807) is 6.07 Å². The molecule has 0 aliphatic carbocycles. The van der Waals surface area contributed by atoms with E-state index in [0.29, 0.717) is 16.8 Å². The van der Waals surface area contributed by atoms with E-state index < -0.39 is 29.6 Å². The highest BCUT2D eigenvalue weighted by molar-refractivity contribution is 5.95. The van der Waals surface area contributed by atoms with Gasteiger partial charge in [-0.1, -0.05) is 0 Å². The molecule has 8 nitrogen and oxygen atoms in total. The van der Waals surface area contributed by atoms with Gasteiger partial charge in [0.1, 0.15) is 12.6 Å². The van der Waals surface area contributed by atoms with Crippen molar-refractivity contribution >= 4 is 17.6 Å². The van der Waals surface area contributed by atoms with E-state index in [1.165, 1.54) is 12.3 Å². The number of halogens is 2. The molecule has 10 heteroatoms. The van der Waals surface area contributed by atoms with E-state index in [9.17, 15) is 18.4 Å². The van der Waals surface area contributed by atoms with Crippen molar-refractivity contribution in [2.45, 2.75) is 19.2 Å². The Hall–Kier alpha value is -3.58. The Bertz CT molecular complexity index is 1050. The number of fused-ring (bicyclic) bond motifs is 2. The summed E-state index contributed by atoms with van der Waals surface area (Å²) < 4.78 is 32.9. The van der Waals surface area contributed by atoms with Crippen LogP contribution in [0, 0.1) is 23.0 Å². The molecule has 1 atom stereocenters. The minimum Gasteiger partial charge on any atom is -0.374 e. The molecule has 3 amide bonds. The van der Waals surface area contributed by atoms with Crippen molar-refractivity contribution < 1.29 is 23.1 Å². The molecule has 29 heavy (non-hydrogen) atoms. The van der Waals surface area contributed by atoms with E-state index in [4.69, 9.17) is 10.00 Å². The average Bonchev–Trinajstić information content (AvgIpc) is 2.72. The molecule has 0 saturated carbocycles. The van der Waals surface area contributed by atoms with Crippen molar-refractivity contribution in [1.29, 1.82) is 5.26 Å². The Morgan fingerprint density at radius 3 is 3.07 bits per heavy atom. The van der Waals surface area contributed by atoms with Gasteiger partial charge < -0.3 is 20.3 Å². The number of carbonyl (C=O) groups excluding carboxylic acids is 2. The molecule has 2 N–H and O–H groups in total. The molecule has 2 aliphatic rings. The number of hydrogen-bond donors (Lipinski definition) is 2. The summed E-state index contributed by atoms with van der Waals surface area (Å²) in [6.07, 6.45) is 1.41. The maximum absolute atomic E-state index is 14.0. The van der Waals surface area contributed by atoms with Crippen molar-refractivity contribution in [2.75, 3.05) is 18.5 Å². The summed E-state index contributed by atoms with van der Waals surface area (Å²) in [6, 6.07) is 4.72. The maximum Gasteiger partial charge on any atom is 0.322 e. The lowest BCUT2D eigenvalue weighted by molar-refractivity contribution is -0.123. The van der Waals surface area contributed by atoms with Crippen molar-refractivity contribution in [3.63, 3.8) is 0 Å². The third-order valence-corrected chi connectivity index (χ3v) is 4.75. The summed E-state index contributed by atoms with van der Waals surface area (Å²) in [5.74, 6) is -2.59. The van der Waals surface area contributed by atoms with Crippen LogP contribution in [0.15, 0.2) is 24.4 Å². The summed E-state index contributed by atoms with van der Waals surface area (Å²) in [6.45, 7) is -0.129. The molecule has 148 valence electrons. The number of benzene rings is 1. The van der Waals surface area contributed by atoms with Gasteiger partial charge in [0.2, 0.25) is 5.91 Å². The molecule has 4 rings (SSSR count). The summed E-state index contributed by atoms with van der Waals surface area (Å²) in [7, 11) is 0. The summed E-state index contributed by atoms with van der Waals surface area (Å²) in [5.41, 5.74) is 1.83. The zero-order chi connectivity index (χ0) is 20.5. The minimum absolute atomic E-state index is 0.0190. The summed E-state index contributed by atoms with van der Waals surface area (Å²) in [4.78, 5) is 30.0. The van der Waals surface area contributed by atoms with Gasteiger partial charge in [-0.2, -0.15) is 5.26 Å². The van der Waals surface area contributed by atoms with E-state index in [0.717, 1.165) is 11.0 Å². The molecule has 2 aromatic rings. The van der Waals surface area contributed by atoms with Crippen LogP contribution in [-0.4, -0.2) is 35.0 Å². The van der Waals surface area contributed by atoms with Crippen LogP contribution in [0.1, 0.15) is 28.4 Å². The van der Waals surface area contributed by atoms with Gasteiger partial charge in [-0.05, 0) is 18.2 Å². The largest absolute Gasteiger partial charge is 0.374 e. The molecule has 0 unspecified atom stereocenters. The number of amides is 3. The quantitative estimate of drug-likeness (QED) is 0.821. The Labute approximate surface area is 164 Å². The highest BCUT2D eigenvalue weighted by atomic mass is 19.2. The van der Waals surface area contributed by atoms with Crippen molar-refractivity contribution in [3.8, 4) is 6.07 Å². The monoisotopic (exact) mass is 399 g/mol. The van der Waals surface area contributed by atoms with E-state index in [1.807, 2.05) is 6.07 Å². The highest BCUT2D eigenvalue weighted by Crippen LogP contribution is 2.28. The minimum atomic E-state index is -1.06. The third-order valence-electron chi connectivity index (χ3n) is 4.75. The number of urea groups is 1. The van der Waals surface area contributed by atoms with Crippen LogP contribution in [-0.2, 0) is 22.7 Å². The first kappa shape index (κ1) is 18.8. The molecule has 0 saturated heterocycles. The summed E-state index contributed by atoms with van der Waals surface area (Å²) in [5, 5.41) is 14.1. The number of pyridine rings is 1. The molecular weight excluding hydrogens is 384 g/mol. The zero-order valence-corrected chi connectivity index (χ0v) is 15.0. The standard InChI is InChI=1S/C19H15F2N5O3/c20-13-1-2-14-12(17(13)21)6-26(19(28)25-14)7-16(27)24-15-9-29-8-11-3-10(4-22)5-23-18(11)15/h1-3,5,15H,6-9H2,(H,24,27)(H,25,28)/t15-/m1/s1. The first-order valence-corrected chi connectivity index (χ1v) is 8.75. The molecule has 2 aliphatic heterocycles. The number of anilines is 1. The number of aromatic nitrogens is 1. The van der Waals surface area contributed by atoms with Gasteiger partial charge in [0, 0.05) is 17.3 Å². The third kappa shape index (κ3) is 3.60. The smallest absolute Gasteiger partial charge is 0.322 e. The lowest BCUT2D eigenvalue weighted by Gasteiger charge is -2.30. The van der Waals surface area contributed by atoms with Crippen LogP contribution in [0.5, 0.6) is 0 Å². The SMILES string of the molecule is N#Cc1cnc2c(c1)COC[C@H]2NC(=O)CN1Cc2c(ccc(F)c2F)NC1=O. The van der Waals surface area contributed by atoms with E-state index in [-0.39, 0.29) is 37.6 Å². The fourth-order valence-electron chi connectivity index (χ4n) is 3.35. The number of carbonyl (C=O) groups is 2. The average molecular weight is 399 g/mol. The lowest BCUT2D eigenvalue weighted by atomic mass is 10.0. The van der Waals surface area contributed by atoms with Crippen LogP contribution in [0.4, 0.5) is 19.3 Å². The molecule has 3 heterocycles. The number of rotatable bonds is 3. The van der Waals surface area contributed by atoms with Gasteiger partial charge in [-0.3, -0.25) is 9.78 Å². The normalized spacial score (nSPS) is 17.6. The molecule has 0 bridgehead atoms. The molecule has 0 radical (unpaired) electrons. The lowest BCUT2D eigenvalue weighted by Crippen LogP contribution is -2.46.